The maximum Gasteiger partial charge on any atom is 0.363 e. The van der Waals surface area contributed by atoms with Crippen LogP contribution in [0.2, 0.25) is 15.1 Å². The number of benzene rings is 3. The highest BCUT2D eigenvalue weighted by Gasteiger charge is 2.25. The van der Waals surface area contributed by atoms with Gasteiger partial charge in [-0.25, -0.2) is 14.6 Å². The van der Waals surface area contributed by atoms with Crippen LogP contribution in [-0.2, 0) is 9.53 Å². The molecule has 0 spiro atoms. The number of aliphatic imine (C=N–C) groups is 1. The lowest BCUT2D eigenvalue weighted by molar-refractivity contribution is -0.129. The molecule has 1 aliphatic rings. The van der Waals surface area contributed by atoms with Crippen LogP contribution in [0.4, 0.5) is 0 Å². The average Bonchev–Trinajstić information content (AvgIpc) is 3.09. The SMILES string of the molecule is O=C1OC(c2ccc(Cl)cc2Cl)=N/C1=C\c1ccc(OC(=O)c2ccccc2Cl)cc1. The van der Waals surface area contributed by atoms with Gasteiger partial charge in [0.15, 0.2) is 5.70 Å². The van der Waals surface area contributed by atoms with Gasteiger partial charge < -0.3 is 9.47 Å². The number of hydrogen-bond acceptors (Lipinski definition) is 5. The van der Waals surface area contributed by atoms with E-state index in [1.165, 1.54) is 0 Å². The third-order valence-corrected chi connectivity index (χ3v) is 5.15. The van der Waals surface area contributed by atoms with Crippen LogP contribution in [0, 0.1) is 0 Å². The van der Waals surface area contributed by atoms with E-state index in [9.17, 15) is 9.59 Å². The number of hydrogen-bond donors (Lipinski definition) is 0. The molecular weight excluding hydrogens is 461 g/mol. The fourth-order valence-electron chi connectivity index (χ4n) is 2.77. The Labute approximate surface area is 192 Å². The van der Waals surface area contributed by atoms with Crippen LogP contribution in [0.3, 0.4) is 0 Å². The summed E-state index contributed by atoms with van der Waals surface area (Å²) in [7, 11) is 0. The number of carbonyl (C=O) groups is 2. The third kappa shape index (κ3) is 4.80. The fraction of sp³-hybridized carbons (Fsp3) is 0. The van der Waals surface area contributed by atoms with Crippen LogP contribution in [-0.4, -0.2) is 17.8 Å². The van der Waals surface area contributed by atoms with E-state index in [2.05, 4.69) is 4.99 Å². The molecule has 0 unspecified atom stereocenters. The van der Waals surface area contributed by atoms with Gasteiger partial charge in [0.25, 0.3) is 0 Å². The van der Waals surface area contributed by atoms with Crippen LogP contribution in [0.25, 0.3) is 6.08 Å². The summed E-state index contributed by atoms with van der Waals surface area (Å²) in [4.78, 5) is 28.7. The van der Waals surface area contributed by atoms with Gasteiger partial charge in [-0.3, -0.25) is 0 Å². The zero-order valence-corrected chi connectivity index (χ0v) is 17.9. The van der Waals surface area contributed by atoms with E-state index in [-0.39, 0.29) is 17.2 Å². The highest BCUT2D eigenvalue weighted by molar-refractivity contribution is 6.37. The summed E-state index contributed by atoms with van der Waals surface area (Å²) in [5, 5.41) is 1.10. The Hall–Kier alpha value is -3.12. The van der Waals surface area contributed by atoms with Gasteiger partial charge in [0.2, 0.25) is 5.90 Å². The average molecular weight is 473 g/mol. The lowest BCUT2D eigenvalue weighted by Gasteiger charge is -2.06. The maximum atomic E-state index is 12.2. The molecule has 5 nitrogen and oxygen atoms in total. The fourth-order valence-corrected chi connectivity index (χ4v) is 3.47. The Morgan fingerprint density at radius 2 is 1.68 bits per heavy atom. The molecule has 154 valence electrons. The number of ether oxygens (including phenoxy) is 2. The van der Waals surface area contributed by atoms with E-state index < -0.39 is 11.9 Å². The molecule has 4 rings (SSSR count). The van der Waals surface area contributed by atoms with Crippen molar-refractivity contribution in [2.24, 2.45) is 4.99 Å². The Balaban J connectivity index is 1.51. The van der Waals surface area contributed by atoms with E-state index >= 15 is 0 Å². The molecule has 31 heavy (non-hydrogen) atoms. The Morgan fingerprint density at radius 3 is 2.39 bits per heavy atom. The van der Waals surface area contributed by atoms with Gasteiger partial charge >= 0.3 is 11.9 Å². The summed E-state index contributed by atoms with van der Waals surface area (Å²) >= 11 is 18.1. The van der Waals surface area contributed by atoms with E-state index in [0.717, 1.165) is 0 Å². The predicted octanol–water partition coefficient (Wildman–Crippen LogP) is 6.21. The number of halogens is 3. The van der Waals surface area contributed by atoms with Crippen molar-refractivity contribution in [3.63, 3.8) is 0 Å². The highest BCUT2D eigenvalue weighted by Crippen LogP contribution is 2.27. The summed E-state index contributed by atoms with van der Waals surface area (Å²) < 4.78 is 10.6. The summed E-state index contributed by atoms with van der Waals surface area (Å²) in [5.74, 6) is -0.734. The molecule has 0 atom stereocenters. The monoisotopic (exact) mass is 471 g/mol. The molecular formula is C23H12Cl3NO4. The molecule has 0 saturated heterocycles. The molecule has 1 aliphatic heterocycles. The quantitative estimate of drug-likeness (QED) is 0.257. The van der Waals surface area contributed by atoms with Gasteiger partial charge in [0.05, 0.1) is 21.2 Å². The molecule has 0 aromatic heterocycles. The number of rotatable bonds is 4. The topological polar surface area (TPSA) is 65.0 Å². The first-order chi connectivity index (χ1) is 14.9. The van der Waals surface area contributed by atoms with Crippen molar-refractivity contribution in [3.8, 4) is 5.75 Å². The first kappa shape index (κ1) is 21.1. The van der Waals surface area contributed by atoms with Gasteiger partial charge in [-0.1, -0.05) is 59.1 Å². The minimum Gasteiger partial charge on any atom is -0.423 e. The highest BCUT2D eigenvalue weighted by atomic mass is 35.5. The summed E-state index contributed by atoms with van der Waals surface area (Å²) in [6.07, 6.45) is 1.55. The Bertz CT molecular complexity index is 1250. The van der Waals surface area contributed by atoms with E-state index in [0.29, 0.717) is 31.9 Å². The van der Waals surface area contributed by atoms with Gasteiger partial charge in [0.1, 0.15) is 5.75 Å². The van der Waals surface area contributed by atoms with Crippen LogP contribution in [0.15, 0.2) is 77.4 Å². The molecule has 8 heteroatoms. The van der Waals surface area contributed by atoms with Crippen molar-refractivity contribution in [1.82, 2.24) is 0 Å². The summed E-state index contributed by atoms with van der Waals surface area (Å²) in [5.41, 5.74) is 1.51. The molecule has 0 bridgehead atoms. The largest absolute Gasteiger partial charge is 0.423 e. The first-order valence-electron chi connectivity index (χ1n) is 8.95. The molecule has 0 saturated carbocycles. The van der Waals surface area contributed by atoms with E-state index in [4.69, 9.17) is 44.3 Å². The van der Waals surface area contributed by atoms with Crippen molar-refractivity contribution >= 4 is 58.7 Å². The van der Waals surface area contributed by atoms with Crippen molar-refractivity contribution in [2.45, 2.75) is 0 Å². The number of nitrogens with zero attached hydrogens (tertiary/aromatic N) is 1. The Kier molecular flexibility index (Phi) is 6.09. The van der Waals surface area contributed by atoms with Gasteiger partial charge in [-0.2, -0.15) is 0 Å². The second-order valence-corrected chi connectivity index (χ2v) is 7.65. The predicted molar refractivity (Wildman–Crippen MR) is 120 cm³/mol. The molecule has 3 aromatic carbocycles. The third-order valence-electron chi connectivity index (χ3n) is 4.27. The van der Waals surface area contributed by atoms with Gasteiger partial charge in [-0.15, -0.1) is 0 Å². The molecule has 0 fully saturated rings. The lowest BCUT2D eigenvalue weighted by Crippen LogP contribution is -2.08. The van der Waals surface area contributed by atoms with E-state index in [1.807, 2.05) is 0 Å². The maximum absolute atomic E-state index is 12.2. The summed E-state index contributed by atoms with van der Waals surface area (Å²) in [6.45, 7) is 0. The van der Waals surface area contributed by atoms with Crippen LogP contribution in [0.1, 0.15) is 21.5 Å². The zero-order chi connectivity index (χ0) is 22.0. The van der Waals surface area contributed by atoms with Crippen molar-refractivity contribution in [1.29, 1.82) is 0 Å². The number of esters is 2. The molecule has 0 amide bonds. The van der Waals surface area contributed by atoms with Crippen LogP contribution >= 0.6 is 34.8 Å². The number of carbonyl (C=O) groups excluding carboxylic acids is 2. The minimum atomic E-state index is -0.602. The Morgan fingerprint density at radius 1 is 0.935 bits per heavy atom. The van der Waals surface area contributed by atoms with Gasteiger partial charge in [-0.05, 0) is 54.1 Å². The second-order valence-electron chi connectivity index (χ2n) is 6.40. The summed E-state index contributed by atoms with van der Waals surface area (Å²) in [6, 6.07) is 18.0. The molecule has 0 aliphatic carbocycles. The normalized spacial score (nSPS) is 14.4. The minimum absolute atomic E-state index is 0.100. The smallest absolute Gasteiger partial charge is 0.363 e. The second kappa shape index (κ2) is 8.94. The zero-order valence-electron chi connectivity index (χ0n) is 15.6. The molecule has 3 aromatic rings. The number of cyclic esters (lactones) is 1. The standard InChI is InChI=1S/C23H12Cl3NO4/c24-14-7-10-16(19(26)12-14)21-27-20(23(29)31-21)11-13-5-8-15(9-6-13)30-22(28)17-3-1-2-4-18(17)25/h1-12H/b20-11-. The van der Waals surface area contributed by atoms with Crippen molar-refractivity contribution < 1.29 is 19.1 Å². The molecule has 0 N–H and O–H groups in total. The van der Waals surface area contributed by atoms with Crippen molar-refractivity contribution in [2.75, 3.05) is 0 Å². The van der Waals surface area contributed by atoms with Crippen molar-refractivity contribution in [3.05, 3.63) is 104 Å². The van der Waals surface area contributed by atoms with Crippen LogP contribution < -0.4 is 4.74 Å². The first-order valence-corrected chi connectivity index (χ1v) is 10.1. The molecule has 0 radical (unpaired) electrons. The lowest BCUT2D eigenvalue weighted by atomic mass is 10.2. The van der Waals surface area contributed by atoms with Gasteiger partial charge in [0, 0.05) is 5.02 Å². The van der Waals surface area contributed by atoms with Crippen LogP contribution in [0.5, 0.6) is 5.75 Å². The molecule has 1 heterocycles. The van der Waals surface area contributed by atoms with E-state index in [1.54, 1.807) is 72.8 Å².